The van der Waals surface area contributed by atoms with Gasteiger partial charge in [0.15, 0.2) is 0 Å². The van der Waals surface area contributed by atoms with Crippen molar-refractivity contribution in [3.63, 3.8) is 0 Å². The van der Waals surface area contributed by atoms with Crippen LogP contribution in [0.25, 0.3) is 0 Å². The highest BCUT2D eigenvalue weighted by molar-refractivity contribution is 7.98. The van der Waals surface area contributed by atoms with E-state index in [1.165, 1.54) is 12.1 Å². The highest BCUT2D eigenvalue weighted by Gasteiger charge is 2.22. The molecule has 9 heteroatoms. The van der Waals surface area contributed by atoms with E-state index in [4.69, 9.17) is 20.1 Å². The van der Waals surface area contributed by atoms with Crippen molar-refractivity contribution in [1.82, 2.24) is 0 Å². The molecule has 0 aliphatic rings. The third-order valence-electron chi connectivity index (χ3n) is 1.84. The second kappa shape index (κ2) is 7.29. The molecule has 0 atom stereocenters. The third kappa shape index (κ3) is 4.39. The Hall–Kier alpha value is -2.35. The Morgan fingerprint density at radius 2 is 1.75 bits per heavy atom. The predicted octanol–water partition coefficient (Wildman–Crippen LogP) is 2.11. The zero-order chi connectivity index (χ0) is 15.1. The molecular formula is C11H7NO6S2. The molecule has 0 radical (unpaired) electrons. The van der Waals surface area contributed by atoms with Gasteiger partial charge in [0.1, 0.15) is 5.75 Å². The fourth-order valence-corrected chi connectivity index (χ4v) is 1.56. The average Bonchev–Trinajstić information content (AvgIpc) is 2.42. The van der Waals surface area contributed by atoms with Crippen LogP contribution in [-0.2, 0) is 9.59 Å². The first kappa shape index (κ1) is 15.7. The van der Waals surface area contributed by atoms with Crippen molar-refractivity contribution in [2.75, 3.05) is 0 Å². The maximum atomic E-state index is 10.8. The van der Waals surface area contributed by atoms with E-state index < -0.39 is 23.5 Å². The normalized spacial score (nSPS) is 11.0. The van der Waals surface area contributed by atoms with Gasteiger partial charge in [0.05, 0.1) is 5.16 Å². The number of hydrogen-bond acceptors (Lipinski definition) is 7. The molecule has 3 N–H and O–H groups in total. The zero-order valence-corrected chi connectivity index (χ0v) is 11.3. The number of ether oxygens (including phenoxy) is 1. The number of aliphatic hydroxyl groups is 1. The maximum absolute atomic E-state index is 10.8. The van der Waals surface area contributed by atoms with Crippen molar-refractivity contribution in [1.29, 1.82) is 0 Å². The number of carboxylic acids is 2. The van der Waals surface area contributed by atoms with Gasteiger partial charge in [-0.2, -0.15) is 4.40 Å². The van der Waals surface area contributed by atoms with Gasteiger partial charge in [0.2, 0.25) is 0 Å². The highest BCUT2D eigenvalue weighted by Crippen LogP contribution is 2.23. The van der Waals surface area contributed by atoms with Crippen LogP contribution in [0.5, 0.6) is 5.75 Å². The summed E-state index contributed by atoms with van der Waals surface area (Å²) in [6.07, 6.45) is 0. The lowest BCUT2D eigenvalue weighted by atomic mass is 10.3. The van der Waals surface area contributed by atoms with Gasteiger partial charge < -0.3 is 20.1 Å². The summed E-state index contributed by atoms with van der Waals surface area (Å²) in [5.41, 5.74) is 0. The largest absolute Gasteiger partial charge is 0.499 e. The lowest BCUT2D eigenvalue weighted by Crippen LogP contribution is -2.15. The number of isothiocyanates is 1. The molecule has 104 valence electrons. The van der Waals surface area contributed by atoms with Gasteiger partial charge in [-0.05, 0) is 36.5 Å². The monoisotopic (exact) mass is 313 g/mol. The van der Waals surface area contributed by atoms with Crippen LogP contribution in [0.4, 0.5) is 0 Å². The number of carbonyl (C=O) groups is 2. The van der Waals surface area contributed by atoms with Crippen LogP contribution < -0.4 is 4.74 Å². The molecule has 0 saturated carbocycles. The Bertz CT molecular complexity index is 604. The maximum Gasteiger partial charge on any atom is 0.376 e. The van der Waals surface area contributed by atoms with Crippen LogP contribution in [0.3, 0.4) is 0 Å². The molecule has 1 aromatic rings. The third-order valence-corrected chi connectivity index (χ3v) is 2.72. The van der Waals surface area contributed by atoms with Crippen molar-refractivity contribution in [2.45, 2.75) is 4.90 Å². The van der Waals surface area contributed by atoms with E-state index in [0.717, 1.165) is 11.9 Å². The fourth-order valence-electron chi connectivity index (χ4n) is 1.05. The van der Waals surface area contributed by atoms with E-state index in [1.807, 2.05) is 0 Å². The van der Waals surface area contributed by atoms with Gasteiger partial charge in [-0.3, -0.25) is 0 Å². The second-order valence-corrected chi connectivity index (χ2v) is 4.15. The molecule has 7 nitrogen and oxygen atoms in total. The topological polar surface area (TPSA) is 116 Å². The van der Waals surface area contributed by atoms with Gasteiger partial charge in [0, 0.05) is 16.8 Å². The molecule has 20 heavy (non-hydrogen) atoms. The molecule has 0 bridgehead atoms. The molecule has 0 amide bonds. The summed E-state index contributed by atoms with van der Waals surface area (Å²) in [4.78, 5) is 22.0. The SMILES string of the molecule is O=C(O)/C(O)=C(/Oc1ccc(SN=C=S)cc1)C(=O)O. The quantitative estimate of drug-likeness (QED) is 0.240. The van der Waals surface area contributed by atoms with Crippen LogP contribution in [0, 0.1) is 0 Å². The number of rotatable bonds is 6. The summed E-state index contributed by atoms with van der Waals surface area (Å²) in [7, 11) is 0. The molecule has 0 fully saturated rings. The number of benzene rings is 1. The van der Waals surface area contributed by atoms with Crippen LogP contribution in [0.1, 0.15) is 0 Å². The Balaban J connectivity index is 2.96. The lowest BCUT2D eigenvalue weighted by molar-refractivity contribution is -0.140. The van der Waals surface area contributed by atoms with Crippen LogP contribution in [0.15, 0.2) is 45.1 Å². The molecule has 1 aromatic carbocycles. The smallest absolute Gasteiger partial charge is 0.376 e. The van der Waals surface area contributed by atoms with E-state index in [-0.39, 0.29) is 5.75 Å². The first-order valence-corrected chi connectivity index (χ1v) is 6.05. The van der Waals surface area contributed by atoms with Crippen molar-refractivity contribution in [3.05, 3.63) is 35.8 Å². The van der Waals surface area contributed by atoms with E-state index in [9.17, 15) is 9.59 Å². The van der Waals surface area contributed by atoms with E-state index in [1.54, 1.807) is 12.1 Å². The first-order chi connectivity index (χ1) is 9.45. The molecule has 0 aliphatic heterocycles. The molecule has 0 heterocycles. The standard InChI is InChI=1S/C11H7NO6S2/c13-8(10(14)15)9(11(16)17)18-6-1-3-7(4-2-6)20-12-5-19/h1-4,13H,(H,14,15)(H,16,17)/b9-8-. The second-order valence-electron chi connectivity index (χ2n) is 3.14. The van der Waals surface area contributed by atoms with Crippen molar-refractivity contribution >= 4 is 41.3 Å². The van der Waals surface area contributed by atoms with E-state index >= 15 is 0 Å². The van der Waals surface area contributed by atoms with Crippen molar-refractivity contribution in [2.24, 2.45) is 4.40 Å². The van der Waals surface area contributed by atoms with Crippen LogP contribution >= 0.6 is 24.2 Å². The molecule has 0 spiro atoms. The van der Waals surface area contributed by atoms with Gasteiger partial charge in [0.25, 0.3) is 11.5 Å². The van der Waals surface area contributed by atoms with Crippen LogP contribution in [-0.4, -0.2) is 32.4 Å². The minimum absolute atomic E-state index is 0.0471. The number of aliphatic hydroxyl groups excluding tert-OH is 1. The van der Waals surface area contributed by atoms with E-state index in [0.29, 0.717) is 4.90 Å². The summed E-state index contributed by atoms with van der Waals surface area (Å²) in [5.74, 6) is -5.92. The summed E-state index contributed by atoms with van der Waals surface area (Å²) < 4.78 is 8.46. The summed E-state index contributed by atoms with van der Waals surface area (Å²) >= 11 is 5.45. The molecule has 0 saturated heterocycles. The number of aliphatic carboxylic acids is 2. The Labute approximate surface area is 122 Å². The van der Waals surface area contributed by atoms with Crippen LogP contribution in [0.2, 0.25) is 0 Å². The molecule has 0 aromatic heterocycles. The number of hydrogen-bond donors (Lipinski definition) is 3. The average molecular weight is 313 g/mol. The molecule has 1 rings (SSSR count). The molecule has 0 aliphatic carbocycles. The summed E-state index contributed by atoms with van der Waals surface area (Å²) in [6.45, 7) is 0. The van der Waals surface area contributed by atoms with Crippen molar-refractivity contribution < 1.29 is 29.6 Å². The number of thiocarbonyl (C=S) groups is 1. The highest BCUT2D eigenvalue weighted by atomic mass is 32.2. The first-order valence-electron chi connectivity index (χ1n) is 4.87. The summed E-state index contributed by atoms with van der Waals surface area (Å²) in [6, 6.07) is 5.87. The minimum Gasteiger partial charge on any atom is -0.499 e. The Morgan fingerprint density at radius 1 is 1.15 bits per heavy atom. The molecule has 0 unspecified atom stereocenters. The van der Waals surface area contributed by atoms with Gasteiger partial charge in [-0.1, -0.05) is 0 Å². The number of carboxylic acid groups (broad SMARTS) is 2. The predicted molar refractivity (Wildman–Crippen MR) is 72.9 cm³/mol. The molecular weight excluding hydrogens is 306 g/mol. The zero-order valence-electron chi connectivity index (χ0n) is 9.64. The van der Waals surface area contributed by atoms with Gasteiger partial charge in [-0.25, -0.2) is 9.59 Å². The van der Waals surface area contributed by atoms with Gasteiger partial charge in [-0.15, -0.1) is 0 Å². The summed E-state index contributed by atoms with van der Waals surface area (Å²) in [5, 5.41) is 28.6. The Morgan fingerprint density at radius 3 is 2.20 bits per heavy atom. The Kier molecular flexibility index (Phi) is 5.73. The van der Waals surface area contributed by atoms with Gasteiger partial charge >= 0.3 is 11.9 Å². The fraction of sp³-hybridized carbons (Fsp3) is 0. The van der Waals surface area contributed by atoms with E-state index in [2.05, 4.69) is 21.8 Å². The lowest BCUT2D eigenvalue weighted by Gasteiger charge is -2.07. The minimum atomic E-state index is -1.80. The van der Waals surface area contributed by atoms with Crippen molar-refractivity contribution in [3.8, 4) is 5.75 Å². The number of nitrogens with zero attached hydrogens (tertiary/aromatic N) is 1.